The maximum absolute atomic E-state index is 12.3. The van der Waals surface area contributed by atoms with Crippen molar-refractivity contribution in [1.29, 1.82) is 0 Å². The van der Waals surface area contributed by atoms with E-state index in [9.17, 15) is 13.6 Å². The second kappa shape index (κ2) is 10.5. The minimum Gasteiger partial charge on any atom is -0.493 e. The average molecular weight is 394 g/mol. The van der Waals surface area contributed by atoms with Crippen LogP contribution in [0.15, 0.2) is 52.5 Å². The molecular weight excluding hydrogens is 374 g/mol. The van der Waals surface area contributed by atoms with E-state index in [1.165, 1.54) is 37.1 Å². The molecule has 0 atom stereocenters. The van der Waals surface area contributed by atoms with Crippen molar-refractivity contribution >= 4 is 23.9 Å². The van der Waals surface area contributed by atoms with Gasteiger partial charge in [0.2, 0.25) is 5.91 Å². The van der Waals surface area contributed by atoms with Crippen LogP contribution < -0.4 is 14.9 Å². The van der Waals surface area contributed by atoms with Crippen LogP contribution in [0.4, 0.5) is 8.78 Å². The number of halogens is 2. The Morgan fingerprint density at radius 3 is 2.63 bits per heavy atom. The molecule has 0 radical (unpaired) electrons. The number of thioether (sulfide) groups is 1. The summed E-state index contributed by atoms with van der Waals surface area (Å²) in [6.07, 6.45) is 1.72. The lowest BCUT2D eigenvalue weighted by atomic mass is 10.2. The average Bonchev–Trinajstić information content (AvgIpc) is 2.64. The molecule has 27 heavy (non-hydrogen) atoms. The number of amides is 1. The fourth-order valence-corrected chi connectivity index (χ4v) is 2.94. The van der Waals surface area contributed by atoms with Gasteiger partial charge in [0.25, 0.3) is 0 Å². The van der Waals surface area contributed by atoms with Crippen LogP contribution in [0.3, 0.4) is 0 Å². The van der Waals surface area contributed by atoms with Gasteiger partial charge in [-0.2, -0.15) is 13.9 Å². The Labute approximate surface area is 160 Å². The van der Waals surface area contributed by atoms with Gasteiger partial charge in [-0.15, -0.1) is 11.8 Å². The quantitative estimate of drug-likeness (QED) is 0.393. The fraction of sp³-hybridized carbons (Fsp3) is 0.263. The van der Waals surface area contributed by atoms with Crippen LogP contribution >= 0.6 is 11.8 Å². The summed E-state index contributed by atoms with van der Waals surface area (Å²) in [6.45, 7) is -0.912. The minimum atomic E-state index is -2.93. The van der Waals surface area contributed by atoms with E-state index < -0.39 is 6.61 Å². The molecule has 0 aliphatic heterocycles. The molecule has 5 nitrogen and oxygen atoms in total. The number of carbonyl (C=O) groups excluding carboxylic acids is 1. The number of alkyl halides is 2. The van der Waals surface area contributed by atoms with Crippen molar-refractivity contribution in [1.82, 2.24) is 5.43 Å². The highest BCUT2D eigenvalue weighted by molar-refractivity contribution is 7.99. The fourth-order valence-electron chi connectivity index (χ4n) is 2.09. The Kier molecular flexibility index (Phi) is 8.06. The normalized spacial score (nSPS) is 11.0. The molecule has 2 rings (SSSR count). The maximum Gasteiger partial charge on any atom is 0.387 e. The molecule has 1 amide bonds. The summed E-state index contributed by atoms with van der Waals surface area (Å²) in [5.41, 5.74) is 4.20. The number of rotatable bonds is 9. The van der Waals surface area contributed by atoms with Gasteiger partial charge in [-0.1, -0.05) is 17.7 Å². The zero-order valence-corrected chi connectivity index (χ0v) is 15.8. The first-order chi connectivity index (χ1) is 13.0. The predicted molar refractivity (Wildman–Crippen MR) is 102 cm³/mol. The van der Waals surface area contributed by atoms with E-state index in [2.05, 4.69) is 15.3 Å². The van der Waals surface area contributed by atoms with Crippen LogP contribution in [-0.4, -0.2) is 31.6 Å². The smallest absolute Gasteiger partial charge is 0.387 e. The van der Waals surface area contributed by atoms with E-state index >= 15 is 0 Å². The van der Waals surface area contributed by atoms with Crippen molar-refractivity contribution < 1.29 is 23.0 Å². The van der Waals surface area contributed by atoms with Crippen LogP contribution in [0, 0.1) is 6.92 Å². The van der Waals surface area contributed by atoms with Crippen molar-refractivity contribution in [2.75, 3.05) is 12.9 Å². The zero-order chi connectivity index (χ0) is 19.6. The number of benzene rings is 2. The van der Waals surface area contributed by atoms with Gasteiger partial charge in [-0.3, -0.25) is 4.79 Å². The topological polar surface area (TPSA) is 59.9 Å². The number of carbonyl (C=O) groups is 1. The Bertz CT molecular complexity index is 783. The molecule has 0 aliphatic rings. The molecule has 2 aromatic rings. The summed E-state index contributed by atoms with van der Waals surface area (Å²) >= 11 is 1.59. The summed E-state index contributed by atoms with van der Waals surface area (Å²) in [4.78, 5) is 12.9. The second-order valence-corrected chi connectivity index (χ2v) is 6.66. The Balaban J connectivity index is 1.80. The third-order valence-corrected chi connectivity index (χ3v) is 4.44. The molecule has 0 heterocycles. The lowest BCUT2D eigenvalue weighted by Gasteiger charge is -2.09. The molecule has 2 aromatic carbocycles. The van der Waals surface area contributed by atoms with Gasteiger partial charge in [0.05, 0.1) is 13.3 Å². The summed E-state index contributed by atoms with van der Waals surface area (Å²) < 4.78 is 34.0. The van der Waals surface area contributed by atoms with E-state index in [0.717, 1.165) is 4.90 Å². The molecule has 8 heteroatoms. The van der Waals surface area contributed by atoms with E-state index in [1.54, 1.807) is 11.8 Å². The highest BCUT2D eigenvalue weighted by atomic mass is 32.2. The SMILES string of the molecule is COc1cc(C=NNC(=O)CCSc2ccc(C)cc2)ccc1OC(F)F. The second-order valence-electron chi connectivity index (χ2n) is 5.49. The molecule has 0 saturated heterocycles. The molecule has 0 unspecified atom stereocenters. The molecule has 0 bridgehead atoms. The largest absolute Gasteiger partial charge is 0.493 e. The standard InChI is InChI=1S/C19H20F2N2O3S/c1-13-3-6-15(7-4-13)27-10-9-18(24)23-22-12-14-5-8-16(26-19(20)21)17(11-14)25-2/h3-8,11-12,19H,9-10H2,1-2H3,(H,23,24). The number of aryl methyl sites for hydroxylation is 1. The first-order valence-electron chi connectivity index (χ1n) is 8.12. The summed E-state index contributed by atoms with van der Waals surface area (Å²) in [5.74, 6) is 0.509. The Morgan fingerprint density at radius 2 is 1.96 bits per heavy atom. The van der Waals surface area contributed by atoms with E-state index in [4.69, 9.17) is 4.74 Å². The molecule has 0 fully saturated rings. The Hall–Kier alpha value is -2.61. The van der Waals surface area contributed by atoms with Crippen molar-refractivity contribution in [3.8, 4) is 11.5 Å². The van der Waals surface area contributed by atoms with E-state index in [0.29, 0.717) is 17.7 Å². The van der Waals surface area contributed by atoms with E-state index in [-0.39, 0.29) is 17.4 Å². The molecule has 144 valence electrons. The Morgan fingerprint density at radius 1 is 1.22 bits per heavy atom. The number of methoxy groups -OCH3 is 1. The third kappa shape index (κ3) is 7.26. The maximum atomic E-state index is 12.3. The van der Waals surface area contributed by atoms with Gasteiger partial charge < -0.3 is 9.47 Å². The highest BCUT2D eigenvalue weighted by Crippen LogP contribution is 2.28. The molecule has 0 aromatic heterocycles. The van der Waals surface area contributed by atoms with Gasteiger partial charge in [-0.05, 0) is 42.8 Å². The van der Waals surface area contributed by atoms with Gasteiger partial charge in [0, 0.05) is 17.1 Å². The van der Waals surface area contributed by atoms with Crippen LogP contribution in [0.1, 0.15) is 17.5 Å². The predicted octanol–water partition coefficient (Wildman–Crippen LogP) is 4.24. The van der Waals surface area contributed by atoms with Crippen molar-refractivity contribution in [2.45, 2.75) is 24.9 Å². The van der Waals surface area contributed by atoms with E-state index in [1.807, 2.05) is 31.2 Å². The van der Waals surface area contributed by atoms with Gasteiger partial charge in [0.15, 0.2) is 11.5 Å². The molecule has 0 saturated carbocycles. The molecular formula is C19H20F2N2O3S. The lowest BCUT2D eigenvalue weighted by Crippen LogP contribution is -2.17. The van der Waals surface area contributed by atoms with Gasteiger partial charge in [-0.25, -0.2) is 5.43 Å². The van der Waals surface area contributed by atoms with Crippen LogP contribution in [0.25, 0.3) is 0 Å². The molecule has 0 aliphatic carbocycles. The summed E-state index contributed by atoms with van der Waals surface area (Å²) in [6, 6.07) is 12.5. The highest BCUT2D eigenvalue weighted by Gasteiger charge is 2.10. The number of hydrazone groups is 1. The number of nitrogens with one attached hydrogen (secondary N) is 1. The molecule has 1 N–H and O–H groups in total. The van der Waals surface area contributed by atoms with Crippen LogP contribution in [0.5, 0.6) is 11.5 Å². The number of nitrogens with zero attached hydrogens (tertiary/aromatic N) is 1. The lowest BCUT2D eigenvalue weighted by molar-refractivity contribution is -0.120. The van der Waals surface area contributed by atoms with Crippen molar-refractivity contribution in [3.63, 3.8) is 0 Å². The first-order valence-corrected chi connectivity index (χ1v) is 9.10. The summed E-state index contributed by atoms with van der Waals surface area (Å²) in [7, 11) is 1.35. The number of ether oxygens (including phenoxy) is 2. The van der Waals surface area contributed by atoms with Crippen LogP contribution in [-0.2, 0) is 4.79 Å². The minimum absolute atomic E-state index is 0.0678. The molecule has 0 spiro atoms. The van der Waals surface area contributed by atoms with Crippen molar-refractivity contribution in [3.05, 3.63) is 53.6 Å². The number of hydrogen-bond acceptors (Lipinski definition) is 5. The number of hydrogen-bond donors (Lipinski definition) is 1. The van der Waals surface area contributed by atoms with Crippen LogP contribution in [0.2, 0.25) is 0 Å². The monoisotopic (exact) mass is 394 g/mol. The third-order valence-electron chi connectivity index (χ3n) is 3.43. The van der Waals surface area contributed by atoms with Gasteiger partial charge >= 0.3 is 6.61 Å². The zero-order valence-electron chi connectivity index (χ0n) is 14.9. The first kappa shape index (κ1) is 20.7. The summed E-state index contributed by atoms with van der Waals surface area (Å²) in [5, 5.41) is 3.87. The van der Waals surface area contributed by atoms with Gasteiger partial charge in [0.1, 0.15) is 0 Å². The van der Waals surface area contributed by atoms with Crippen molar-refractivity contribution in [2.24, 2.45) is 5.10 Å².